The number of nitrogens with one attached hydrogen (secondary N) is 2. The Bertz CT molecular complexity index is 777. The molecule has 0 heterocycles. The summed E-state index contributed by atoms with van der Waals surface area (Å²) in [5, 5.41) is 6.61. The summed E-state index contributed by atoms with van der Waals surface area (Å²) in [6, 6.07) is 13.8. The highest BCUT2D eigenvalue weighted by Crippen LogP contribution is 2.30. The molecule has 0 fully saturated rings. The second-order valence-corrected chi connectivity index (χ2v) is 6.29. The van der Waals surface area contributed by atoms with Gasteiger partial charge in [0.05, 0.1) is 20.8 Å². The number of methoxy groups -OCH3 is 2. The molecular formula is C22H31N3O3. The van der Waals surface area contributed by atoms with Crippen molar-refractivity contribution in [2.45, 2.75) is 26.7 Å². The fraction of sp³-hybridized carbons (Fsp3) is 0.409. The topological polar surface area (TPSA) is 64.1 Å². The number of rotatable bonds is 9. The molecule has 0 saturated heterocycles. The zero-order chi connectivity index (χ0) is 20.4. The fourth-order valence-electron chi connectivity index (χ4n) is 2.86. The van der Waals surface area contributed by atoms with Crippen LogP contribution in [0.1, 0.15) is 32.3 Å². The van der Waals surface area contributed by atoms with Gasteiger partial charge in [-0.2, -0.15) is 0 Å². The molecule has 0 bridgehead atoms. The third kappa shape index (κ3) is 5.81. The molecule has 2 rings (SSSR count). The van der Waals surface area contributed by atoms with Gasteiger partial charge in [0, 0.05) is 30.8 Å². The Morgan fingerprint density at radius 1 is 1.00 bits per heavy atom. The first-order valence-electron chi connectivity index (χ1n) is 9.61. The predicted octanol–water partition coefficient (Wildman–Crippen LogP) is 4.28. The minimum Gasteiger partial charge on any atom is -0.496 e. The molecule has 28 heavy (non-hydrogen) atoms. The van der Waals surface area contributed by atoms with Crippen LogP contribution in [0, 0.1) is 0 Å². The third-order valence-electron chi connectivity index (χ3n) is 4.26. The highest BCUT2D eigenvalue weighted by Gasteiger charge is 2.11. The first-order chi connectivity index (χ1) is 13.6. The molecule has 1 unspecified atom stereocenters. The van der Waals surface area contributed by atoms with E-state index in [2.05, 4.69) is 23.6 Å². The summed E-state index contributed by atoms with van der Waals surface area (Å²) >= 11 is 0. The zero-order valence-corrected chi connectivity index (χ0v) is 17.4. The van der Waals surface area contributed by atoms with Crippen molar-refractivity contribution < 1.29 is 14.2 Å². The molecular weight excluding hydrogens is 354 g/mol. The minimum absolute atomic E-state index is 0.224. The summed E-state index contributed by atoms with van der Waals surface area (Å²) in [5.41, 5.74) is 2.03. The van der Waals surface area contributed by atoms with Gasteiger partial charge < -0.3 is 24.8 Å². The third-order valence-corrected chi connectivity index (χ3v) is 4.26. The maximum absolute atomic E-state index is 5.57. The molecule has 0 spiro atoms. The molecule has 0 aliphatic rings. The zero-order valence-electron chi connectivity index (χ0n) is 17.4. The van der Waals surface area contributed by atoms with Gasteiger partial charge in [0.1, 0.15) is 5.75 Å². The van der Waals surface area contributed by atoms with E-state index >= 15 is 0 Å². The van der Waals surface area contributed by atoms with Crippen molar-refractivity contribution >= 4 is 11.6 Å². The van der Waals surface area contributed by atoms with Crippen molar-refractivity contribution in [3.63, 3.8) is 0 Å². The second-order valence-electron chi connectivity index (χ2n) is 6.29. The normalized spacial score (nSPS) is 12.2. The van der Waals surface area contributed by atoms with Crippen LogP contribution in [0.5, 0.6) is 17.2 Å². The van der Waals surface area contributed by atoms with E-state index in [9.17, 15) is 0 Å². The average molecular weight is 386 g/mol. The number of guanidine groups is 1. The number of benzene rings is 2. The first-order valence-corrected chi connectivity index (χ1v) is 9.61. The number of ether oxygens (including phenoxy) is 3. The molecule has 2 N–H and O–H groups in total. The first kappa shape index (κ1) is 21.4. The second kappa shape index (κ2) is 11.1. The summed E-state index contributed by atoms with van der Waals surface area (Å²) in [7, 11) is 3.33. The van der Waals surface area contributed by atoms with Crippen LogP contribution in [-0.2, 0) is 0 Å². The molecule has 6 heteroatoms. The SMILES string of the molecule is CCNC(=NCC(C)c1ccccc1OC)Nc1ccc(OCC)c(OC)c1. The quantitative estimate of drug-likeness (QED) is 0.498. The van der Waals surface area contributed by atoms with E-state index in [-0.39, 0.29) is 5.92 Å². The van der Waals surface area contributed by atoms with Crippen LogP contribution < -0.4 is 24.8 Å². The number of hydrogen-bond donors (Lipinski definition) is 2. The fourth-order valence-corrected chi connectivity index (χ4v) is 2.86. The lowest BCUT2D eigenvalue weighted by Gasteiger charge is -2.16. The molecule has 0 radical (unpaired) electrons. The van der Waals surface area contributed by atoms with Gasteiger partial charge in [-0.05, 0) is 37.6 Å². The van der Waals surface area contributed by atoms with E-state index in [1.165, 1.54) is 0 Å². The number of hydrogen-bond acceptors (Lipinski definition) is 4. The van der Waals surface area contributed by atoms with E-state index in [0.29, 0.717) is 18.9 Å². The van der Waals surface area contributed by atoms with Gasteiger partial charge in [-0.1, -0.05) is 25.1 Å². The van der Waals surface area contributed by atoms with Crippen molar-refractivity contribution in [2.24, 2.45) is 4.99 Å². The van der Waals surface area contributed by atoms with Crippen molar-refractivity contribution in [3.05, 3.63) is 48.0 Å². The number of aliphatic imine (C=N–C) groups is 1. The Labute approximate surface area is 167 Å². The average Bonchev–Trinajstić information content (AvgIpc) is 2.73. The van der Waals surface area contributed by atoms with E-state index < -0.39 is 0 Å². The van der Waals surface area contributed by atoms with Crippen LogP contribution in [0.4, 0.5) is 5.69 Å². The number of anilines is 1. The van der Waals surface area contributed by atoms with Gasteiger partial charge >= 0.3 is 0 Å². The van der Waals surface area contributed by atoms with Crippen molar-refractivity contribution in [2.75, 3.05) is 39.2 Å². The maximum atomic E-state index is 5.57. The number of para-hydroxylation sites is 1. The summed E-state index contributed by atoms with van der Waals surface area (Å²) in [5.74, 6) is 3.24. The molecule has 0 aliphatic heterocycles. The van der Waals surface area contributed by atoms with Gasteiger partial charge in [0.25, 0.3) is 0 Å². The molecule has 2 aromatic carbocycles. The Balaban J connectivity index is 2.14. The van der Waals surface area contributed by atoms with Crippen LogP contribution in [-0.4, -0.2) is 39.9 Å². The molecule has 0 amide bonds. The van der Waals surface area contributed by atoms with Gasteiger partial charge in [-0.15, -0.1) is 0 Å². The van der Waals surface area contributed by atoms with Crippen LogP contribution in [0.3, 0.4) is 0 Å². The molecule has 152 valence electrons. The summed E-state index contributed by atoms with van der Waals surface area (Å²) in [6.45, 7) is 8.12. The predicted molar refractivity (Wildman–Crippen MR) is 115 cm³/mol. The standard InChI is InChI=1S/C22H31N3O3/c1-6-23-22(24-15-16(3)18-10-8-9-11-19(18)26-4)25-17-12-13-20(28-7-2)21(14-17)27-5/h8-14,16H,6-7,15H2,1-5H3,(H2,23,24,25). The van der Waals surface area contributed by atoms with Crippen LogP contribution in [0.25, 0.3) is 0 Å². The lowest BCUT2D eigenvalue weighted by Crippen LogP contribution is -2.31. The Kier molecular flexibility index (Phi) is 8.46. The molecule has 0 saturated carbocycles. The highest BCUT2D eigenvalue weighted by molar-refractivity contribution is 5.94. The van der Waals surface area contributed by atoms with Gasteiger partial charge in [-0.25, -0.2) is 0 Å². The smallest absolute Gasteiger partial charge is 0.195 e. The van der Waals surface area contributed by atoms with Gasteiger partial charge in [0.15, 0.2) is 17.5 Å². The monoisotopic (exact) mass is 385 g/mol. The lowest BCUT2D eigenvalue weighted by molar-refractivity contribution is 0.311. The molecule has 0 aliphatic carbocycles. The van der Waals surface area contributed by atoms with E-state index in [0.717, 1.165) is 35.3 Å². The summed E-state index contributed by atoms with van der Waals surface area (Å²) in [6.07, 6.45) is 0. The van der Waals surface area contributed by atoms with E-state index in [1.54, 1.807) is 14.2 Å². The summed E-state index contributed by atoms with van der Waals surface area (Å²) in [4.78, 5) is 4.74. The molecule has 2 aromatic rings. The Morgan fingerprint density at radius 3 is 2.43 bits per heavy atom. The Hall–Kier alpha value is -2.89. The maximum Gasteiger partial charge on any atom is 0.195 e. The van der Waals surface area contributed by atoms with E-state index in [1.807, 2.05) is 50.2 Å². The van der Waals surface area contributed by atoms with E-state index in [4.69, 9.17) is 19.2 Å². The van der Waals surface area contributed by atoms with Crippen LogP contribution in [0.15, 0.2) is 47.5 Å². The highest BCUT2D eigenvalue weighted by atomic mass is 16.5. The number of nitrogens with zero attached hydrogens (tertiary/aromatic N) is 1. The largest absolute Gasteiger partial charge is 0.496 e. The van der Waals surface area contributed by atoms with Crippen molar-refractivity contribution in [1.29, 1.82) is 0 Å². The van der Waals surface area contributed by atoms with Gasteiger partial charge in [0.2, 0.25) is 0 Å². The van der Waals surface area contributed by atoms with Crippen molar-refractivity contribution in [1.82, 2.24) is 5.32 Å². The van der Waals surface area contributed by atoms with Gasteiger partial charge in [-0.3, -0.25) is 4.99 Å². The lowest BCUT2D eigenvalue weighted by atomic mass is 10.0. The Morgan fingerprint density at radius 2 is 1.75 bits per heavy atom. The summed E-state index contributed by atoms with van der Waals surface area (Å²) < 4.78 is 16.5. The van der Waals surface area contributed by atoms with Crippen LogP contribution in [0.2, 0.25) is 0 Å². The molecule has 0 aromatic heterocycles. The molecule has 1 atom stereocenters. The molecule has 6 nitrogen and oxygen atoms in total. The van der Waals surface area contributed by atoms with Crippen molar-refractivity contribution in [3.8, 4) is 17.2 Å². The minimum atomic E-state index is 0.224. The van der Waals surface area contributed by atoms with Crippen LogP contribution >= 0.6 is 0 Å².